The van der Waals surface area contributed by atoms with Gasteiger partial charge in [-0.15, -0.1) is 0 Å². The maximum Gasteiger partial charge on any atom is 0.416 e. The van der Waals surface area contributed by atoms with Crippen LogP contribution in [0.5, 0.6) is 5.75 Å². The standard InChI is InChI=1S/C13H13F3O3/c1-8(17)19-9-3-4-10(12(18)5-2-6-12)11(7-9)13(14,15)16/h3-4,7,18H,2,5-6H2,1H3. The van der Waals surface area contributed by atoms with Crippen LogP contribution in [-0.2, 0) is 16.6 Å². The van der Waals surface area contributed by atoms with Crippen LogP contribution in [0.4, 0.5) is 13.2 Å². The molecule has 0 aliphatic heterocycles. The summed E-state index contributed by atoms with van der Waals surface area (Å²) >= 11 is 0. The topological polar surface area (TPSA) is 46.5 Å². The third-order valence-electron chi connectivity index (χ3n) is 3.24. The van der Waals surface area contributed by atoms with Gasteiger partial charge in [0, 0.05) is 6.92 Å². The van der Waals surface area contributed by atoms with Crippen molar-refractivity contribution in [2.45, 2.75) is 38.0 Å². The number of carbonyl (C=O) groups is 1. The van der Waals surface area contributed by atoms with E-state index in [1.54, 1.807) is 0 Å². The molecule has 6 heteroatoms. The Hall–Kier alpha value is -1.56. The third-order valence-corrected chi connectivity index (χ3v) is 3.24. The normalized spacial score (nSPS) is 17.7. The highest BCUT2D eigenvalue weighted by Gasteiger charge is 2.44. The summed E-state index contributed by atoms with van der Waals surface area (Å²) < 4.78 is 43.7. The van der Waals surface area contributed by atoms with Gasteiger partial charge in [-0.25, -0.2) is 0 Å². The van der Waals surface area contributed by atoms with E-state index in [2.05, 4.69) is 4.74 Å². The highest BCUT2D eigenvalue weighted by atomic mass is 19.4. The van der Waals surface area contributed by atoms with Gasteiger partial charge < -0.3 is 9.84 Å². The number of carbonyl (C=O) groups excluding carboxylic acids is 1. The molecule has 1 N–H and O–H groups in total. The van der Waals surface area contributed by atoms with E-state index in [4.69, 9.17) is 0 Å². The molecule has 3 nitrogen and oxygen atoms in total. The van der Waals surface area contributed by atoms with E-state index in [-0.39, 0.29) is 11.3 Å². The Morgan fingerprint density at radius 2 is 2.00 bits per heavy atom. The van der Waals surface area contributed by atoms with E-state index < -0.39 is 23.3 Å². The molecule has 0 heterocycles. The van der Waals surface area contributed by atoms with Crippen molar-refractivity contribution in [3.8, 4) is 5.75 Å². The molecular formula is C13H13F3O3. The zero-order valence-corrected chi connectivity index (χ0v) is 10.3. The fourth-order valence-electron chi connectivity index (χ4n) is 2.17. The Bertz CT molecular complexity index is 504. The Balaban J connectivity index is 2.46. The number of rotatable bonds is 2. The van der Waals surface area contributed by atoms with Crippen LogP contribution < -0.4 is 4.74 Å². The van der Waals surface area contributed by atoms with E-state index in [0.29, 0.717) is 19.3 Å². The predicted molar refractivity (Wildman–Crippen MR) is 60.5 cm³/mol. The molecule has 0 aromatic heterocycles. The van der Waals surface area contributed by atoms with Crippen LogP contribution in [-0.4, -0.2) is 11.1 Å². The van der Waals surface area contributed by atoms with Gasteiger partial charge in [-0.3, -0.25) is 4.79 Å². The molecule has 1 aromatic rings. The van der Waals surface area contributed by atoms with Crippen molar-refractivity contribution < 1.29 is 27.8 Å². The van der Waals surface area contributed by atoms with E-state index in [1.165, 1.54) is 12.1 Å². The minimum Gasteiger partial charge on any atom is -0.427 e. The van der Waals surface area contributed by atoms with Gasteiger partial charge >= 0.3 is 12.1 Å². The molecule has 1 aliphatic rings. The quantitative estimate of drug-likeness (QED) is 0.666. The molecular weight excluding hydrogens is 261 g/mol. The van der Waals surface area contributed by atoms with Crippen molar-refractivity contribution in [3.05, 3.63) is 29.3 Å². The summed E-state index contributed by atoms with van der Waals surface area (Å²) in [7, 11) is 0. The first-order valence-corrected chi connectivity index (χ1v) is 5.85. The summed E-state index contributed by atoms with van der Waals surface area (Å²) in [5.41, 5.74) is -2.52. The van der Waals surface area contributed by atoms with Gasteiger partial charge in [0.1, 0.15) is 5.75 Å². The number of alkyl halides is 3. The Morgan fingerprint density at radius 1 is 1.37 bits per heavy atom. The van der Waals surface area contributed by atoms with E-state index >= 15 is 0 Å². The number of esters is 1. The SMILES string of the molecule is CC(=O)Oc1ccc(C2(O)CCC2)c(C(F)(F)F)c1. The molecule has 0 spiro atoms. The van der Waals surface area contributed by atoms with Crippen LogP contribution in [0.3, 0.4) is 0 Å². The van der Waals surface area contributed by atoms with Crippen LogP contribution in [0.15, 0.2) is 18.2 Å². The highest BCUT2D eigenvalue weighted by molar-refractivity contribution is 5.69. The van der Waals surface area contributed by atoms with Crippen LogP contribution >= 0.6 is 0 Å². The molecule has 0 amide bonds. The van der Waals surface area contributed by atoms with Crippen LogP contribution in [0, 0.1) is 0 Å². The van der Waals surface area contributed by atoms with Crippen LogP contribution in [0.2, 0.25) is 0 Å². The fourth-order valence-corrected chi connectivity index (χ4v) is 2.17. The largest absolute Gasteiger partial charge is 0.427 e. The van der Waals surface area contributed by atoms with Crippen molar-refractivity contribution in [1.82, 2.24) is 0 Å². The smallest absolute Gasteiger partial charge is 0.416 e. The zero-order chi connectivity index (χ0) is 14.3. The molecule has 0 unspecified atom stereocenters. The second-order valence-corrected chi connectivity index (χ2v) is 4.68. The second kappa shape index (κ2) is 4.52. The molecule has 1 saturated carbocycles. The molecule has 104 valence electrons. The summed E-state index contributed by atoms with van der Waals surface area (Å²) in [4.78, 5) is 10.8. The highest BCUT2D eigenvalue weighted by Crippen LogP contribution is 2.47. The van der Waals surface area contributed by atoms with Gasteiger partial charge in [0.05, 0.1) is 11.2 Å². The van der Waals surface area contributed by atoms with E-state index in [9.17, 15) is 23.1 Å². The van der Waals surface area contributed by atoms with Gasteiger partial charge in [-0.2, -0.15) is 13.2 Å². The fraction of sp³-hybridized carbons (Fsp3) is 0.462. The molecule has 19 heavy (non-hydrogen) atoms. The summed E-state index contributed by atoms with van der Waals surface area (Å²) in [6.07, 6.45) is -3.29. The second-order valence-electron chi connectivity index (χ2n) is 4.68. The minimum atomic E-state index is -4.60. The van der Waals surface area contributed by atoms with E-state index in [1.807, 2.05) is 0 Å². The number of aliphatic hydroxyl groups is 1. The lowest BCUT2D eigenvalue weighted by atomic mass is 9.73. The number of benzene rings is 1. The summed E-state index contributed by atoms with van der Waals surface area (Å²) in [5.74, 6) is -0.866. The lowest BCUT2D eigenvalue weighted by molar-refractivity contribution is -0.143. The number of hydrogen-bond acceptors (Lipinski definition) is 3. The summed E-state index contributed by atoms with van der Waals surface area (Å²) in [6.45, 7) is 1.11. The predicted octanol–water partition coefficient (Wildman–Crippen LogP) is 3.00. The van der Waals surface area contributed by atoms with Crippen LogP contribution in [0.25, 0.3) is 0 Å². The van der Waals surface area contributed by atoms with Crippen molar-refractivity contribution in [2.24, 2.45) is 0 Å². The molecule has 1 aliphatic carbocycles. The van der Waals surface area contributed by atoms with Crippen LogP contribution in [0.1, 0.15) is 37.3 Å². The van der Waals surface area contributed by atoms with Crippen molar-refractivity contribution >= 4 is 5.97 Å². The maximum absolute atomic E-state index is 13.0. The van der Waals surface area contributed by atoms with Gasteiger partial charge in [-0.05, 0) is 37.0 Å². The number of ether oxygens (including phenoxy) is 1. The van der Waals surface area contributed by atoms with E-state index in [0.717, 1.165) is 13.0 Å². The molecule has 0 atom stereocenters. The van der Waals surface area contributed by atoms with Crippen molar-refractivity contribution in [3.63, 3.8) is 0 Å². The first-order chi connectivity index (χ1) is 8.72. The number of hydrogen-bond donors (Lipinski definition) is 1. The Morgan fingerprint density at radius 3 is 2.42 bits per heavy atom. The Kier molecular flexibility index (Phi) is 3.30. The lowest BCUT2D eigenvalue weighted by Gasteiger charge is -2.38. The van der Waals surface area contributed by atoms with Gasteiger partial charge in [0.25, 0.3) is 0 Å². The average Bonchev–Trinajstić information content (AvgIpc) is 2.24. The summed E-state index contributed by atoms with van der Waals surface area (Å²) in [6, 6.07) is 3.20. The third kappa shape index (κ3) is 2.73. The average molecular weight is 274 g/mol. The lowest BCUT2D eigenvalue weighted by Crippen LogP contribution is -2.35. The van der Waals surface area contributed by atoms with Crippen molar-refractivity contribution in [1.29, 1.82) is 0 Å². The molecule has 0 saturated heterocycles. The van der Waals surface area contributed by atoms with Gasteiger partial charge in [0.15, 0.2) is 0 Å². The first kappa shape index (κ1) is 13.9. The molecule has 1 aromatic carbocycles. The molecule has 0 bridgehead atoms. The van der Waals surface area contributed by atoms with Crippen molar-refractivity contribution in [2.75, 3.05) is 0 Å². The van der Waals surface area contributed by atoms with Gasteiger partial charge in [0.2, 0.25) is 0 Å². The monoisotopic (exact) mass is 274 g/mol. The summed E-state index contributed by atoms with van der Waals surface area (Å²) in [5, 5.41) is 10.1. The molecule has 1 fully saturated rings. The Labute approximate surface area is 108 Å². The molecule has 2 rings (SSSR count). The zero-order valence-electron chi connectivity index (χ0n) is 10.3. The molecule has 0 radical (unpaired) electrons. The maximum atomic E-state index is 13.0. The number of halogens is 3. The first-order valence-electron chi connectivity index (χ1n) is 5.85. The minimum absolute atomic E-state index is 0.151. The van der Waals surface area contributed by atoms with Gasteiger partial charge in [-0.1, -0.05) is 6.07 Å².